The van der Waals surface area contributed by atoms with Gasteiger partial charge in [-0.05, 0) is 110 Å². The standard InChI is InChI=1S/C52H30O/c1-2-14-34-31(13-1)25-26-32-29-45(37-17-4-6-18-38(37)48(32)34)50-42-22-10-8-20-40(42)49(41-21-9-11-23-43(41)50)33-27-28-47-46(30-33)51-39-19-7-3-15-35(39)36-16-5-12-24-44(36)52(51)53-47/h1-30H. The topological polar surface area (TPSA) is 13.1 Å². The smallest absolute Gasteiger partial charge is 0.143 e. The normalized spacial score (nSPS) is 12.2. The Labute approximate surface area is 304 Å². The summed E-state index contributed by atoms with van der Waals surface area (Å²) in [5, 5.41) is 19.8. The summed E-state index contributed by atoms with van der Waals surface area (Å²) in [6, 6.07) is 66.8. The molecule has 0 saturated carbocycles. The predicted octanol–water partition coefficient (Wildman–Crippen LogP) is 15.0. The van der Waals surface area contributed by atoms with Crippen LogP contribution in [-0.2, 0) is 0 Å². The summed E-state index contributed by atoms with van der Waals surface area (Å²) in [7, 11) is 0. The summed E-state index contributed by atoms with van der Waals surface area (Å²) in [4.78, 5) is 0. The van der Waals surface area contributed by atoms with Gasteiger partial charge in [0.2, 0.25) is 0 Å². The van der Waals surface area contributed by atoms with Crippen LogP contribution in [-0.4, -0.2) is 0 Å². The molecule has 0 radical (unpaired) electrons. The van der Waals surface area contributed by atoms with Crippen LogP contribution in [0.1, 0.15) is 0 Å². The van der Waals surface area contributed by atoms with E-state index >= 15 is 0 Å². The van der Waals surface area contributed by atoms with Gasteiger partial charge in [-0.15, -0.1) is 0 Å². The van der Waals surface area contributed by atoms with E-state index in [-0.39, 0.29) is 0 Å². The summed E-state index contributed by atoms with van der Waals surface area (Å²) in [5.41, 5.74) is 6.83. The maximum Gasteiger partial charge on any atom is 0.143 e. The Balaban J connectivity index is 1.19. The van der Waals surface area contributed by atoms with Gasteiger partial charge in [-0.3, -0.25) is 0 Å². The number of fused-ring (bicyclic) bond motifs is 15. The third-order valence-corrected chi connectivity index (χ3v) is 11.6. The van der Waals surface area contributed by atoms with Crippen LogP contribution < -0.4 is 0 Å². The first kappa shape index (κ1) is 28.7. The lowest BCUT2D eigenvalue weighted by Gasteiger charge is -2.20. The summed E-state index contributed by atoms with van der Waals surface area (Å²) in [6.45, 7) is 0. The first-order valence-electron chi connectivity index (χ1n) is 18.3. The second kappa shape index (κ2) is 10.8. The van der Waals surface area contributed by atoms with Crippen LogP contribution in [0.3, 0.4) is 0 Å². The van der Waals surface area contributed by atoms with Crippen molar-refractivity contribution in [3.8, 4) is 22.3 Å². The van der Waals surface area contributed by atoms with Gasteiger partial charge in [0, 0.05) is 16.2 Å². The maximum atomic E-state index is 6.72. The van der Waals surface area contributed by atoms with Gasteiger partial charge < -0.3 is 4.42 Å². The lowest BCUT2D eigenvalue weighted by Crippen LogP contribution is -1.92. The van der Waals surface area contributed by atoms with E-state index in [9.17, 15) is 0 Å². The molecule has 12 aromatic rings. The third-order valence-electron chi connectivity index (χ3n) is 11.6. The molecule has 0 bridgehead atoms. The monoisotopic (exact) mass is 670 g/mol. The molecule has 12 rings (SSSR count). The molecule has 0 saturated heterocycles. The van der Waals surface area contributed by atoms with E-state index in [4.69, 9.17) is 4.42 Å². The maximum absolute atomic E-state index is 6.72. The van der Waals surface area contributed by atoms with Crippen LogP contribution in [0.4, 0.5) is 0 Å². The molecule has 53 heavy (non-hydrogen) atoms. The molecule has 0 spiro atoms. The molecule has 0 aliphatic heterocycles. The van der Waals surface area contributed by atoms with E-state index in [2.05, 4.69) is 182 Å². The summed E-state index contributed by atoms with van der Waals surface area (Å²) in [6.07, 6.45) is 0. The largest absolute Gasteiger partial charge is 0.455 e. The summed E-state index contributed by atoms with van der Waals surface area (Å²) >= 11 is 0. The number of rotatable bonds is 2. The highest BCUT2D eigenvalue weighted by Gasteiger charge is 2.21. The minimum atomic E-state index is 0.908. The van der Waals surface area contributed by atoms with Crippen molar-refractivity contribution in [2.75, 3.05) is 0 Å². The van der Waals surface area contributed by atoms with E-state index in [0.717, 1.165) is 21.9 Å². The molecule has 11 aromatic carbocycles. The van der Waals surface area contributed by atoms with Crippen LogP contribution in [0.25, 0.3) is 120 Å². The number of hydrogen-bond donors (Lipinski definition) is 0. The molecule has 0 atom stereocenters. The predicted molar refractivity (Wildman–Crippen MR) is 227 cm³/mol. The lowest BCUT2D eigenvalue weighted by molar-refractivity contribution is 0.673. The van der Waals surface area contributed by atoms with Gasteiger partial charge in [0.1, 0.15) is 11.2 Å². The molecule has 1 heterocycles. The minimum Gasteiger partial charge on any atom is -0.455 e. The Morgan fingerprint density at radius 1 is 0.283 bits per heavy atom. The van der Waals surface area contributed by atoms with Crippen LogP contribution in [0.5, 0.6) is 0 Å². The fourth-order valence-electron chi connectivity index (χ4n) is 9.38. The Hall–Kier alpha value is -6.96. The summed E-state index contributed by atoms with van der Waals surface area (Å²) in [5.74, 6) is 0. The molecular formula is C52H30O. The van der Waals surface area contributed by atoms with E-state index in [1.54, 1.807) is 0 Å². The van der Waals surface area contributed by atoms with E-state index in [0.29, 0.717) is 0 Å². The van der Waals surface area contributed by atoms with Gasteiger partial charge in [-0.25, -0.2) is 0 Å². The molecule has 0 unspecified atom stereocenters. The van der Waals surface area contributed by atoms with Crippen LogP contribution in [0.15, 0.2) is 186 Å². The third kappa shape index (κ3) is 3.97. The van der Waals surface area contributed by atoms with Gasteiger partial charge in [-0.2, -0.15) is 0 Å². The average Bonchev–Trinajstić information content (AvgIpc) is 3.62. The van der Waals surface area contributed by atoms with Crippen molar-refractivity contribution in [2.45, 2.75) is 0 Å². The van der Waals surface area contributed by atoms with Gasteiger partial charge in [0.05, 0.1) is 0 Å². The Bertz CT molecular complexity index is 3450. The first-order chi connectivity index (χ1) is 26.3. The highest BCUT2D eigenvalue weighted by Crippen LogP contribution is 2.48. The van der Waals surface area contributed by atoms with Gasteiger partial charge in [0.25, 0.3) is 0 Å². The first-order valence-corrected chi connectivity index (χ1v) is 18.3. The van der Waals surface area contributed by atoms with Crippen LogP contribution in [0, 0.1) is 0 Å². The zero-order chi connectivity index (χ0) is 34.6. The Morgan fingerprint density at radius 3 is 1.45 bits per heavy atom. The SMILES string of the molecule is c1ccc2c(c1)ccc1cc(-c3c4ccccc4c(-c4ccc5oc6c7ccccc7c7ccccc7c6c5c4)c4ccccc34)c3ccccc3c12. The van der Waals surface area contributed by atoms with Crippen molar-refractivity contribution in [2.24, 2.45) is 0 Å². The molecule has 1 aromatic heterocycles. The highest BCUT2D eigenvalue weighted by molar-refractivity contribution is 6.32. The fraction of sp³-hybridized carbons (Fsp3) is 0. The van der Waals surface area contributed by atoms with Crippen molar-refractivity contribution in [1.29, 1.82) is 0 Å². The van der Waals surface area contributed by atoms with E-state index < -0.39 is 0 Å². The van der Waals surface area contributed by atoms with E-state index in [1.165, 1.54) is 97.7 Å². The molecule has 1 nitrogen and oxygen atoms in total. The average molecular weight is 671 g/mol. The molecular weight excluding hydrogens is 641 g/mol. The zero-order valence-electron chi connectivity index (χ0n) is 28.7. The van der Waals surface area contributed by atoms with E-state index in [1.807, 2.05) is 0 Å². The summed E-state index contributed by atoms with van der Waals surface area (Å²) < 4.78 is 6.72. The van der Waals surface area contributed by atoms with Crippen LogP contribution >= 0.6 is 0 Å². The quantitative estimate of drug-likeness (QED) is 0.132. The van der Waals surface area contributed by atoms with Gasteiger partial charge >= 0.3 is 0 Å². The fourth-order valence-corrected chi connectivity index (χ4v) is 9.38. The molecule has 1 heteroatoms. The van der Waals surface area contributed by atoms with Crippen molar-refractivity contribution >= 4 is 97.3 Å². The van der Waals surface area contributed by atoms with Gasteiger partial charge in [-0.1, -0.05) is 164 Å². The van der Waals surface area contributed by atoms with Crippen molar-refractivity contribution < 1.29 is 4.42 Å². The second-order valence-corrected chi connectivity index (χ2v) is 14.3. The second-order valence-electron chi connectivity index (χ2n) is 14.3. The molecule has 0 fully saturated rings. The molecule has 0 N–H and O–H groups in total. The minimum absolute atomic E-state index is 0.908. The molecule has 0 amide bonds. The zero-order valence-corrected chi connectivity index (χ0v) is 28.7. The number of hydrogen-bond acceptors (Lipinski definition) is 1. The highest BCUT2D eigenvalue weighted by atomic mass is 16.3. The van der Waals surface area contributed by atoms with Crippen molar-refractivity contribution in [3.05, 3.63) is 182 Å². The van der Waals surface area contributed by atoms with Crippen LogP contribution in [0.2, 0.25) is 0 Å². The van der Waals surface area contributed by atoms with Crippen molar-refractivity contribution in [3.63, 3.8) is 0 Å². The van der Waals surface area contributed by atoms with Crippen molar-refractivity contribution in [1.82, 2.24) is 0 Å². The van der Waals surface area contributed by atoms with Gasteiger partial charge in [0.15, 0.2) is 0 Å². The number of benzene rings is 11. The molecule has 0 aliphatic rings. The molecule has 244 valence electrons. The Morgan fingerprint density at radius 2 is 0.774 bits per heavy atom. The Kier molecular flexibility index (Phi) is 5.84. The lowest BCUT2D eigenvalue weighted by atomic mass is 9.83. The molecule has 0 aliphatic carbocycles. The number of furan rings is 1.